The molecule has 0 aliphatic heterocycles. The van der Waals surface area contributed by atoms with Gasteiger partial charge in [0.25, 0.3) is 0 Å². The lowest BCUT2D eigenvalue weighted by molar-refractivity contribution is -0.660. The standard InChI is InChI=1S/C22H22NO/c1-14(2)16-11-12-23(4)19(13-16)17-10-9-15(3)21-18-7-5-6-8-20(18)24-22(17)21/h5-14H,1-4H3/q+1. The zero-order chi connectivity index (χ0) is 16.8. The third kappa shape index (κ3) is 2.22. The molecule has 0 radical (unpaired) electrons. The van der Waals surface area contributed by atoms with Crippen molar-refractivity contribution in [3.8, 4) is 11.3 Å². The molecule has 0 spiro atoms. The maximum atomic E-state index is 6.26. The minimum absolute atomic E-state index is 0.501. The number of fused-ring (bicyclic) bond motifs is 3. The number of nitrogens with zero attached hydrogens (tertiary/aromatic N) is 1. The summed E-state index contributed by atoms with van der Waals surface area (Å²) >= 11 is 0. The molecule has 0 aliphatic rings. The average Bonchev–Trinajstić information content (AvgIpc) is 2.96. The third-order valence-corrected chi connectivity index (χ3v) is 4.85. The van der Waals surface area contributed by atoms with Crippen LogP contribution in [-0.2, 0) is 7.05 Å². The van der Waals surface area contributed by atoms with Gasteiger partial charge in [-0.25, -0.2) is 4.57 Å². The largest absolute Gasteiger partial charge is 0.455 e. The lowest BCUT2D eigenvalue weighted by Gasteiger charge is -2.08. The maximum Gasteiger partial charge on any atom is 0.216 e. The Bertz CT molecular complexity index is 1060. The van der Waals surface area contributed by atoms with Gasteiger partial charge in [-0.1, -0.05) is 38.1 Å². The van der Waals surface area contributed by atoms with E-state index in [0.717, 1.165) is 16.7 Å². The summed E-state index contributed by atoms with van der Waals surface area (Å²) in [5, 5.41) is 2.41. The molecule has 0 fully saturated rings. The molecule has 0 bridgehead atoms. The average molecular weight is 316 g/mol. The number of rotatable bonds is 2. The van der Waals surface area contributed by atoms with E-state index < -0.39 is 0 Å². The van der Waals surface area contributed by atoms with Crippen molar-refractivity contribution in [1.29, 1.82) is 0 Å². The first-order chi connectivity index (χ1) is 11.6. The van der Waals surface area contributed by atoms with Crippen LogP contribution in [0.4, 0.5) is 0 Å². The van der Waals surface area contributed by atoms with Crippen LogP contribution in [0.2, 0.25) is 0 Å². The molecule has 24 heavy (non-hydrogen) atoms. The van der Waals surface area contributed by atoms with E-state index in [9.17, 15) is 0 Å². The van der Waals surface area contributed by atoms with Crippen LogP contribution < -0.4 is 4.57 Å². The molecule has 4 rings (SSSR count). The number of pyridine rings is 1. The Morgan fingerprint density at radius 1 is 1.00 bits per heavy atom. The van der Waals surface area contributed by atoms with Gasteiger partial charge in [0.1, 0.15) is 18.2 Å². The fraction of sp³-hybridized carbons (Fsp3) is 0.227. The maximum absolute atomic E-state index is 6.26. The van der Waals surface area contributed by atoms with E-state index in [1.54, 1.807) is 0 Å². The van der Waals surface area contributed by atoms with Gasteiger partial charge in [-0.2, -0.15) is 0 Å². The van der Waals surface area contributed by atoms with E-state index in [4.69, 9.17) is 4.42 Å². The number of benzene rings is 2. The quantitative estimate of drug-likeness (QED) is 0.446. The van der Waals surface area contributed by atoms with Gasteiger partial charge < -0.3 is 4.42 Å². The molecule has 0 amide bonds. The Morgan fingerprint density at radius 2 is 1.79 bits per heavy atom. The van der Waals surface area contributed by atoms with Crippen molar-refractivity contribution in [2.24, 2.45) is 7.05 Å². The lowest BCUT2D eigenvalue weighted by Crippen LogP contribution is -2.30. The molecule has 0 saturated heterocycles. The van der Waals surface area contributed by atoms with Gasteiger partial charge in [0.2, 0.25) is 5.69 Å². The van der Waals surface area contributed by atoms with Crippen LogP contribution >= 0.6 is 0 Å². The molecule has 2 aromatic carbocycles. The van der Waals surface area contributed by atoms with Crippen molar-refractivity contribution in [2.75, 3.05) is 0 Å². The molecule has 2 nitrogen and oxygen atoms in total. The summed E-state index contributed by atoms with van der Waals surface area (Å²) in [4.78, 5) is 0. The van der Waals surface area contributed by atoms with E-state index in [2.05, 4.69) is 75.0 Å². The zero-order valence-electron chi connectivity index (χ0n) is 14.6. The minimum atomic E-state index is 0.501. The highest BCUT2D eigenvalue weighted by Crippen LogP contribution is 2.37. The number of aromatic nitrogens is 1. The van der Waals surface area contributed by atoms with Crippen molar-refractivity contribution in [3.63, 3.8) is 0 Å². The molecular formula is C22H22NO+. The molecule has 120 valence electrons. The van der Waals surface area contributed by atoms with Gasteiger partial charge in [-0.05, 0) is 36.1 Å². The Hall–Kier alpha value is -2.61. The van der Waals surface area contributed by atoms with Crippen LogP contribution in [0.15, 0.2) is 59.1 Å². The van der Waals surface area contributed by atoms with Crippen molar-refractivity contribution in [3.05, 3.63) is 65.9 Å². The molecule has 2 heteroatoms. The Morgan fingerprint density at radius 3 is 2.58 bits per heavy atom. The summed E-state index contributed by atoms with van der Waals surface area (Å²) in [7, 11) is 2.09. The second kappa shape index (κ2) is 5.48. The van der Waals surface area contributed by atoms with Crippen molar-refractivity contribution >= 4 is 21.9 Å². The van der Waals surface area contributed by atoms with Crippen molar-refractivity contribution in [2.45, 2.75) is 26.7 Å². The van der Waals surface area contributed by atoms with Crippen LogP contribution in [0.1, 0.15) is 30.9 Å². The highest BCUT2D eigenvalue weighted by atomic mass is 16.3. The molecule has 0 unspecified atom stereocenters. The van der Waals surface area contributed by atoms with E-state index in [1.807, 2.05) is 12.1 Å². The fourth-order valence-corrected chi connectivity index (χ4v) is 3.41. The van der Waals surface area contributed by atoms with Gasteiger partial charge in [0.15, 0.2) is 6.20 Å². The summed E-state index contributed by atoms with van der Waals surface area (Å²) in [5.41, 5.74) is 6.86. The minimum Gasteiger partial charge on any atom is -0.455 e. The molecular weight excluding hydrogens is 294 g/mol. The predicted octanol–water partition coefficient (Wildman–Crippen LogP) is 5.51. The van der Waals surface area contributed by atoms with Gasteiger partial charge in [-0.3, -0.25) is 0 Å². The summed E-state index contributed by atoms with van der Waals surface area (Å²) in [6.07, 6.45) is 2.14. The van der Waals surface area contributed by atoms with E-state index in [0.29, 0.717) is 5.92 Å². The molecule has 4 aromatic rings. The van der Waals surface area contributed by atoms with Gasteiger partial charge in [-0.15, -0.1) is 0 Å². The monoisotopic (exact) mass is 316 g/mol. The smallest absolute Gasteiger partial charge is 0.216 e. The zero-order valence-corrected chi connectivity index (χ0v) is 14.6. The second-order valence-corrected chi connectivity index (χ2v) is 6.84. The summed E-state index contributed by atoms with van der Waals surface area (Å²) in [5.74, 6) is 0.501. The molecule has 0 aliphatic carbocycles. The highest BCUT2D eigenvalue weighted by Gasteiger charge is 2.20. The number of hydrogen-bond acceptors (Lipinski definition) is 1. The number of para-hydroxylation sites is 1. The van der Waals surface area contributed by atoms with Crippen molar-refractivity contribution < 1.29 is 8.98 Å². The first-order valence-electron chi connectivity index (χ1n) is 8.47. The summed E-state index contributed by atoms with van der Waals surface area (Å²) in [6, 6.07) is 17.1. The first-order valence-corrected chi connectivity index (χ1v) is 8.47. The highest BCUT2D eigenvalue weighted by molar-refractivity contribution is 6.10. The fourth-order valence-electron chi connectivity index (χ4n) is 3.41. The number of aryl methyl sites for hydroxylation is 2. The van der Waals surface area contributed by atoms with Gasteiger partial charge in [0.05, 0.1) is 5.56 Å². The van der Waals surface area contributed by atoms with Crippen LogP contribution in [0.5, 0.6) is 0 Å². The summed E-state index contributed by atoms with van der Waals surface area (Å²) in [6.45, 7) is 6.61. The lowest BCUT2D eigenvalue weighted by atomic mass is 9.98. The predicted molar refractivity (Wildman–Crippen MR) is 99.2 cm³/mol. The molecule has 0 atom stereocenters. The molecule has 2 aromatic heterocycles. The topological polar surface area (TPSA) is 17.0 Å². The second-order valence-electron chi connectivity index (χ2n) is 6.84. The third-order valence-electron chi connectivity index (χ3n) is 4.85. The van der Waals surface area contributed by atoms with E-state index in [-0.39, 0.29) is 0 Å². The Balaban J connectivity index is 2.08. The SMILES string of the molecule is Cc1ccc(-c2cc(C(C)C)cc[n+]2C)c2oc3ccccc3c12. The summed E-state index contributed by atoms with van der Waals surface area (Å²) < 4.78 is 8.43. The van der Waals surface area contributed by atoms with Crippen LogP contribution in [0.3, 0.4) is 0 Å². The normalized spacial score (nSPS) is 11.7. The first kappa shape index (κ1) is 14.9. The van der Waals surface area contributed by atoms with Crippen LogP contribution in [-0.4, -0.2) is 0 Å². The van der Waals surface area contributed by atoms with Crippen molar-refractivity contribution in [1.82, 2.24) is 0 Å². The molecule has 0 saturated carbocycles. The molecule has 0 N–H and O–H groups in total. The van der Waals surface area contributed by atoms with E-state index in [1.165, 1.54) is 27.6 Å². The Labute approximate surface area is 142 Å². The van der Waals surface area contributed by atoms with E-state index >= 15 is 0 Å². The van der Waals surface area contributed by atoms with Crippen LogP contribution in [0.25, 0.3) is 33.2 Å². The van der Waals surface area contributed by atoms with Crippen LogP contribution in [0, 0.1) is 6.92 Å². The van der Waals surface area contributed by atoms with Gasteiger partial charge >= 0.3 is 0 Å². The number of furan rings is 1. The van der Waals surface area contributed by atoms with Gasteiger partial charge in [0, 0.05) is 22.9 Å². The number of hydrogen-bond donors (Lipinski definition) is 0. The molecule has 2 heterocycles. The Kier molecular flexibility index (Phi) is 3.42.